The highest BCUT2D eigenvalue weighted by atomic mass is 16.6. The van der Waals surface area contributed by atoms with Crippen molar-refractivity contribution in [2.24, 2.45) is 0 Å². The van der Waals surface area contributed by atoms with E-state index in [1.807, 2.05) is 42.0 Å². The summed E-state index contributed by atoms with van der Waals surface area (Å²) in [6.45, 7) is 2.57. The van der Waals surface area contributed by atoms with Crippen molar-refractivity contribution in [1.29, 1.82) is 0 Å². The summed E-state index contributed by atoms with van der Waals surface area (Å²) >= 11 is 0. The summed E-state index contributed by atoms with van der Waals surface area (Å²) in [4.78, 5) is 27.6. The van der Waals surface area contributed by atoms with Crippen LogP contribution >= 0.6 is 0 Å². The predicted molar refractivity (Wildman–Crippen MR) is 110 cm³/mol. The van der Waals surface area contributed by atoms with Gasteiger partial charge in [0.1, 0.15) is 5.76 Å². The van der Waals surface area contributed by atoms with Crippen LogP contribution in [0.3, 0.4) is 0 Å². The Morgan fingerprint density at radius 3 is 2.76 bits per heavy atom. The number of nitro benzene ring substituents is 1. The van der Waals surface area contributed by atoms with E-state index < -0.39 is 4.92 Å². The molecule has 0 spiro atoms. The van der Waals surface area contributed by atoms with E-state index in [0.29, 0.717) is 6.54 Å². The van der Waals surface area contributed by atoms with Gasteiger partial charge in [-0.15, -0.1) is 0 Å². The molecule has 1 aliphatic carbocycles. The molecule has 7 heteroatoms. The highest BCUT2D eigenvalue weighted by Crippen LogP contribution is 2.26. The molecule has 0 aliphatic heterocycles. The SMILES string of the molecule is C[C@@H](c1cccc([N+](=O)[O-])c1)N(C)CC(=O)N(Cc1ccco1)C1=CCCCC1. The first-order valence-corrected chi connectivity index (χ1v) is 9.92. The van der Waals surface area contributed by atoms with Crippen molar-refractivity contribution in [3.63, 3.8) is 0 Å². The normalized spacial score (nSPS) is 15.1. The van der Waals surface area contributed by atoms with Gasteiger partial charge in [-0.1, -0.05) is 18.2 Å². The third kappa shape index (κ3) is 5.32. The molecule has 154 valence electrons. The number of hydrogen-bond donors (Lipinski definition) is 0. The fourth-order valence-corrected chi connectivity index (χ4v) is 3.56. The van der Waals surface area contributed by atoms with Gasteiger partial charge in [0.2, 0.25) is 5.91 Å². The second-order valence-electron chi connectivity index (χ2n) is 7.44. The van der Waals surface area contributed by atoms with Crippen LogP contribution < -0.4 is 0 Å². The summed E-state index contributed by atoms with van der Waals surface area (Å²) in [6, 6.07) is 10.1. The van der Waals surface area contributed by atoms with E-state index in [9.17, 15) is 14.9 Å². The van der Waals surface area contributed by atoms with Crippen LogP contribution in [0.25, 0.3) is 0 Å². The number of carbonyl (C=O) groups is 1. The molecule has 1 aromatic heterocycles. The summed E-state index contributed by atoms with van der Waals surface area (Å²) < 4.78 is 5.46. The van der Waals surface area contributed by atoms with Crippen molar-refractivity contribution in [2.75, 3.05) is 13.6 Å². The van der Waals surface area contributed by atoms with Crippen LogP contribution in [0.1, 0.15) is 50.0 Å². The van der Waals surface area contributed by atoms with Crippen molar-refractivity contribution in [1.82, 2.24) is 9.80 Å². The van der Waals surface area contributed by atoms with Gasteiger partial charge in [-0.3, -0.25) is 19.8 Å². The third-order valence-corrected chi connectivity index (χ3v) is 5.42. The minimum Gasteiger partial charge on any atom is -0.467 e. The van der Waals surface area contributed by atoms with Crippen molar-refractivity contribution < 1.29 is 14.1 Å². The summed E-state index contributed by atoms with van der Waals surface area (Å²) in [7, 11) is 1.86. The lowest BCUT2D eigenvalue weighted by Gasteiger charge is -2.31. The average molecular weight is 397 g/mol. The first-order chi connectivity index (χ1) is 14.0. The van der Waals surface area contributed by atoms with Crippen LogP contribution in [-0.2, 0) is 11.3 Å². The maximum atomic E-state index is 13.2. The molecule has 0 radical (unpaired) electrons. The summed E-state index contributed by atoms with van der Waals surface area (Å²) in [5.74, 6) is 0.744. The largest absolute Gasteiger partial charge is 0.467 e. The van der Waals surface area contributed by atoms with Gasteiger partial charge in [0.15, 0.2) is 0 Å². The van der Waals surface area contributed by atoms with E-state index in [1.165, 1.54) is 6.07 Å². The molecule has 2 aromatic rings. The number of allylic oxidation sites excluding steroid dienone is 2. The van der Waals surface area contributed by atoms with Gasteiger partial charge < -0.3 is 9.32 Å². The molecule has 0 bridgehead atoms. The zero-order valence-electron chi connectivity index (χ0n) is 16.9. The Morgan fingerprint density at radius 1 is 1.28 bits per heavy atom. The predicted octanol–water partition coefficient (Wildman–Crippen LogP) is 4.67. The highest BCUT2D eigenvalue weighted by Gasteiger charge is 2.24. The number of nitrogens with zero attached hydrogens (tertiary/aromatic N) is 3. The van der Waals surface area contributed by atoms with Crippen LogP contribution in [0.5, 0.6) is 0 Å². The van der Waals surface area contributed by atoms with Gasteiger partial charge in [0.25, 0.3) is 5.69 Å². The molecule has 1 amide bonds. The average Bonchev–Trinajstić information content (AvgIpc) is 3.25. The quantitative estimate of drug-likeness (QED) is 0.478. The van der Waals surface area contributed by atoms with Gasteiger partial charge in [-0.25, -0.2) is 0 Å². The summed E-state index contributed by atoms with van der Waals surface area (Å²) in [5.41, 5.74) is 1.92. The molecule has 0 N–H and O–H groups in total. The number of non-ortho nitro benzene ring substituents is 1. The van der Waals surface area contributed by atoms with Crippen LogP contribution in [0.4, 0.5) is 5.69 Å². The standard InChI is InChI=1S/C22H27N3O4/c1-17(18-8-6-11-20(14-18)25(27)28)23(2)16-22(26)24(15-21-12-7-13-29-21)19-9-4-3-5-10-19/h6-9,11-14,17H,3-5,10,15-16H2,1-2H3/t17-/m0/s1. The number of hydrogen-bond acceptors (Lipinski definition) is 5. The van der Waals surface area contributed by atoms with Crippen molar-refractivity contribution in [2.45, 2.75) is 45.2 Å². The molecule has 1 aliphatic rings. The van der Waals surface area contributed by atoms with E-state index in [0.717, 1.165) is 42.7 Å². The Bertz CT molecular complexity index is 876. The Hall–Kier alpha value is -2.93. The highest BCUT2D eigenvalue weighted by molar-refractivity contribution is 5.80. The summed E-state index contributed by atoms with van der Waals surface area (Å²) in [6.07, 6.45) is 7.86. The van der Waals surface area contributed by atoms with Gasteiger partial charge in [0, 0.05) is 23.9 Å². The van der Waals surface area contributed by atoms with Gasteiger partial charge in [0.05, 0.1) is 24.3 Å². The molecule has 7 nitrogen and oxygen atoms in total. The third-order valence-electron chi connectivity index (χ3n) is 5.42. The molecule has 0 fully saturated rings. The van der Waals surface area contributed by atoms with Gasteiger partial charge >= 0.3 is 0 Å². The van der Waals surface area contributed by atoms with Crippen molar-refractivity contribution in [3.8, 4) is 0 Å². The number of likely N-dealkylation sites (N-methyl/N-ethyl adjacent to an activating group) is 1. The maximum absolute atomic E-state index is 13.2. The van der Waals surface area contributed by atoms with Gasteiger partial charge in [-0.05, 0) is 57.4 Å². The van der Waals surface area contributed by atoms with E-state index in [2.05, 4.69) is 6.08 Å². The van der Waals surface area contributed by atoms with Crippen LogP contribution in [-0.4, -0.2) is 34.2 Å². The molecular weight excluding hydrogens is 370 g/mol. The fourth-order valence-electron chi connectivity index (χ4n) is 3.56. The Morgan fingerprint density at radius 2 is 2.10 bits per heavy atom. The number of furan rings is 1. The molecule has 1 atom stereocenters. The summed E-state index contributed by atoms with van der Waals surface area (Å²) in [5, 5.41) is 11.1. The van der Waals surface area contributed by atoms with E-state index in [-0.39, 0.29) is 24.2 Å². The van der Waals surface area contributed by atoms with Crippen LogP contribution in [0, 0.1) is 10.1 Å². The Balaban J connectivity index is 1.73. The molecule has 0 saturated carbocycles. The number of amides is 1. The number of carbonyl (C=O) groups excluding carboxylic acids is 1. The lowest BCUT2D eigenvalue weighted by atomic mass is 10.0. The second kappa shape index (κ2) is 9.52. The molecule has 1 aromatic carbocycles. The Labute approximate surface area is 170 Å². The fraction of sp³-hybridized carbons (Fsp3) is 0.409. The van der Waals surface area contributed by atoms with Gasteiger partial charge in [-0.2, -0.15) is 0 Å². The minimum absolute atomic E-state index is 0.00525. The van der Waals surface area contributed by atoms with E-state index in [1.54, 1.807) is 18.4 Å². The smallest absolute Gasteiger partial charge is 0.269 e. The van der Waals surface area contributed by atoms with E-state index in [4.69, 9.17) is 4.42 Å². The molecule has 1 heterocycles. The number of nitro groups is 1. The number of rotatable bonds is 8. The maximum Gasteiger partial charge on any atom is 0.269 e. The molecule has 3 rings (SSSR count). The monoisotopic (exact) mass is 397 g/mol. The topological polar surface area (TPSA) is 79.8 Å². The van der Waals surface area contributed by atoms with Crippen molar-refractivity contribution in [3.05, 3.63) is 75.9 Å². The molecular formula is C22H27N3O4. The Kier molecular flexibility index (Phi) is 6.82. The molecule has 29 heavy (non-hydrogen) atoms. The number of benzene rings is 1. The zero-order chi connectivity index (χ0) is 20.8. The van der Waals surface area contributed by atoms with Crippen LogP contribution in [0.2, 0.25) is 0 Å². The van der Waals surface area contributed by atoms with E-state index >= 15 is 0 Å². The molecule has 0 unspecified atom stereocenters. The lowest BCUT2D eigenvalue weighted by molar-refractivity contribution is -0.384. The van der Waals surface area contributed by atoms with Crippen LogP contribution in [0.15, 0.2) is 58.9 Å². The minimum atomic E-state index is -0.401. The first-order valence-electron chi connectivity index (χ1n) is 9.92. The second-order valence-corrected chi connectivity index (χ2v) is 7.44. The lowest BCUT2D eigenvalue weighted by Crippen LogP contribution is -2.39. The zero-order valence-corrected chi connectivity index (χ0v) is 16.9. The van der Waals surface area contributed by atoms with Crippen molar-refractivity contribution >= 4 is 11.6 Å². The molecule has 0 saturated heterocycles. The first kappa shape index (κ1) is 20.8.